The van der Waals surface area contributed by atoms with Crippen LogP contribution in [0.2, 0.25) is 0 Å². The molecule has 1 aliphatic heterocycles. The molecule has 0 radical (unpaired) electrons. The molecule has 0 spiro atoms. The molecule has 0 saturated carbocycles. The molecule has 4 rings (SSSR count). The molecule has 0 aliphatic carbocycles. The first kappa shape index (κ1) is 20.3. The quantitative estimate of drug-likeness (QED) is 0.635. The summed E-state index contributed by atoms with van der Waals surface area (Å²) in [4.78, 5) is 15.3. The van der Waals surface area contributed by atoms with Crippen molar-refractivity contribution in [2.24, 2.45) is 0 Å². The van der Waals surface area contributed by atoms with Gasteiger partial charge < -0.3 is 4.90 Å². The SMILES string of the molecule is Cc1ccc(S(=O)(=O)N2C[C@H](C)N(C(=O)c3ccccc3)[C@H]2c2ccccc2)cc1. The normalized spacial score (nSPS) is 19.7. The van der Waals surface area contributed by atoms with Gasteiger partial charge in [0.15, 0.2) is 0 Å². The number of aryl methyl sites for hydroxylation is 1. The zero-order valence-electron chi connectivity index (χ0n) is 17.0. The van der Waals surface area contributed by atoms with Crippen molar-refractivity contribution < 1.29 is 13.2 Å². The summed E-state index contributed by atoms with van der Waals surface area (Å²) in [7, 11) is -3.79. The van der Waals surface area contributed by atoms with E-state index in [1.807, 2.05) is 62.4 Å². The third-order valence-electron chi connectivity index (χ3n) is 5.44. The van der Waals surface area contributed by atoms with Crippen molar-refractivity contribution >= 4 is 15.9 Å². The average molecular weight is 421 g/mol. The second kappa shape index (κ2) is 8.05. The average Bonchev–Trinajstić information content (AvgIpc) is 3.12. The van der Waals surface area contributed by atoms with E-state index in [1.165, 1.54) is 4.31 Å². The Morgan fingerprint density at radius 2 is 1.43 bits per heavy atom. The molecule has 1 fully saturated rings. The van der Waals surface area contributed by atoms with Gasteiger partial charge in [0.1, 0.15) is 6.17 Å². The number of hydrogen-bond donors (Lipinski definition) is 0. The zero-order chi connectivity index (χ0) is 21.3. The van der Waals surface area contributed by atoms with Crippen molar-refractivity contribution in [3.8, 4) is 0 Å². The Labute approximate surface area is 177 Å². The molecule has 2 atom stereocenters. The molecule has 154 valence electrons. The first-order valence-electron chi connectivity index (χ1n) is 9.91. The van der Waals surface area contributed by atoms with E-state index in [4.69, 9.17) is 0 Å². The Bertz CT molecular complexity index is 1130. The van der Waals surface area contributed by atoms with E-state index >= 15 is 0 Å². The third-order valence-corrected chi connectivity index (χ3v) is 7.27. The Balaban J connectivity index is 1.81. The summed E-state index contributed by atoms with van der Waals surface area (Å²) in [6, 6.07) is 24.9. The minimum absolute atomic E-state index is 0.182. The predicted octanol–water partition coefficient (Wildman–Crippen LogP) is 4.23. The predicted molar refractivity (Wildman–Crippen MR) is 116 cm³/mol. The number of hydrogen-bond acceptors (Lipinski definition) is 3. The molecule has 0 aromatic heterocycles. The van der Waals surface area contributed by atoms with Gasteiger partial charge in [-0.3, -0.25) is 4.79 Å². The van der Waals surface area contributed by atoms with E-state index in [9.17, 15) is 13.2 Å². The Hall–Kier alpha value is -2.96. The van der Waals surface area contributed by atoms with E-state index in [0.717, 1.165) is 11.1 Å². The van der Waals surface area contributed by atoms with Gasteiger partial charge in [0.2, 0.25) is 10.0 Å². The molecule has 1 aliphatic rings. The Morgan fingerprint density at radius 3 is 2.03 bits per heavy atom. The fourth-order valence-electron chi connectivity index (χ4n) is 3.90. The molecule has 6 heteroatoms. The van der Waals surface area contributed by atoms with Crippen molar-refractivity contribution in [3.05, 3.63) is 102 Å². The van der Waals surface area contributed by atoms with Gasteiger partial charge in [-0.05, 0) is 43.7 Å². The van der Waals surface area contributed by atoms with Gasteiger partial charge in [0.25, 0.3) is 5.91 Å². The van der Waals surface area contributed by atoms with Gasteiger partial charge in [-0.15, -0.1) is 0 Å². The maximum Gasteiger partial charge on any atom is 0.255 e. The highest BCUT2D eigenvalue weighted by Crippen LogP contribution is 2.38. The molecular weight excluding hydrogens is 396 g/mol. The third kappa shape index (κ3) is 3.64. The van der Waals surface area contributed by atoms with Gasteiger partial charge in [-0.25, -0.2) is 8.42 Å². The number of carbonyl (C=O) groups excluding carboxylic acids is 1. The maximum atomic E-state index is 13.6. The maximum absolute atomic E-state index is 13.6. The molecule has 5 nitrogen and oxygen atoms in total. The van der Waals surface area contributed by atoms with E-state index in [0.29, 0.717) is 5.56 Å². The summed E-state index contributed by atoms with van der Waals surface area (Å²) < 4.78 is 28.6. The highest BCUT2D eigenvalue weighted by atomic mass is 32.2. The van der Waals surface area contributed by atoms with Gasteiger partial charge in [-0.2, -0.15) is 4.31 Å². The van der Waals surface area contributed by atoms with E-state index < -0.39 is 16.2 Å². The summed E-state index contributed by atoms with van der Waals surface area (Å²) in [6.07, 6.45) is -0.708. The van der Waals surface area contributed by atoms with Gasteiger partial charge >= 0.3 is 0 Å². The summed E-state index contributed by atoms with van der Waals surface area (Å²) in [5.41, 5.74) is 2.30. The lowest BCUT2D eigenvalue weighted by atomic mass is 10.1. The summed E-state index contributed by atoms with van der Waals surface area (Å²) in [6.45, 7) is 4.04. The van der Waals surface area contributed by atoms with Crippen LogP contribution in [0.25, 0.3) is 0 Å². The van der Waals surface area contributed by atoms with Crippen LogP contribution in [0, 0.1) is 6.92 Å². The minimum Gasteiger partial charge on any atom is -0.314 e. The lowest BCUT2D eigenvalue weighted by molar-refractivity contribution is 0.0640. The topological polar surface area (TPSA) is 57.7 Å². The largest absolute Gasteiger partial charge is 0.314 e. The lowest BCUT2D eigenvalue weighted by Gasteiger charge is -2.31. The van der Waals surface area contributed by atoms with Crippen molar-refractivity contribution in [2.45, 2.75) is 31.0 Å². The van der Waals surface area contributed by atoms with Crippen LogP contribution in [0.4, 0.5) is 0 Å². The number of carbonyl (C=O) groups is 1. The van der Waals surface area contributed by atoms with Crippen LogP contribution in [0.1, 0.15) is 34.6 Å². The minimum atomic E-state index is -3.79. The fraction of sp³-hybridized carbons (Fsp3) is 0.208. The van der Waals surface area contributed by atoms with Gasteiger partial charge in [0.05, 0.1) is 4.90 Å². The molecule has 30 heavy (non-hydrogen) atoms. The second-order valence-electron chi connectivity index (χ2n) is 7.60. The Morgan fingerprint density at radius 1 is 0.867 bits per heavy atom. The van der Waals surface area contributed by atoms with Crippen molar-refractivity contribution in [3.63, 3.8) is 0 Å². The monoisotopic (exact) mass is 420 g/mol. The van der Waals surface area contributed by atoms with E-state index in [1.54, 1.807) is 41.3 Å². The molecule has 1 heterocycles. The van der Waals surface area contributed by atoms with Gasteiger partial charge in [-0.1, -0.05) is 66.2 Å². The first-order chi connectivity index (χ1) is 14.4. The van der Waals surface area contributed by atoms with Crippen LogP contribution in [0.15, 0.2) is 89.8 Å². The molecule has 0 unspecified atom stereocenters. The van der Waals surface area contributed by atoms with E-state index in [-0.39, 0.29) is 23.4 Å². The highest BCUT2D eigenvalue weighted by Gasteiger charge is 2.47. The van der Waals surface area contributed by atoms with Crippen molar-refractivity contribution in [1.82, 2.24) is 9.21 Å². The molecule has 3 aromatic carbocycles. The van der Waals surface area contributed by atoms with Crippen molar-refractivity contribution in [1.29, 1.82) is 0 Å². The Kier molecular flexibility index (Phi) is 5.45. The van der Waals surface area contributed by atoms with Crippen LogP contribution >= 0.6 is 0 Å². The summed E-state index contributed by atoms with van der Waals surface area (Å²) in [5.74, 6) is -0.182. The lowest BCUT2D eigenvalue weighted by Crippen LogP contribution is -2.39. The highest BCUT2D eigenvalue weighted by molar-refractivity contribution is 7.89. The number of amides is 1. The summed E-state index contributed by atoms with van der Waals surface area (Å²) >= 11 is 0. The number of rotatable bonds is 4. The zero-order valence-corrected chi connectivity index (χ0v) is 17.8. The molecule has 1 amide bonds. The number of nitrogens with zero attached hydrogens (tertiary/aromatic N) is 2. The number of benzene rings is 3. The molecule has 1 saturated heterocycles. The molecular formula is C24H24N2O3S. The van der Waals surface area contributed by atoms with E-state index in [2.05, 4.69) is 0 Å². The molecule has 0 N–H and O–H groups in total. The smallest absolute Gasteiger partial charge is 0.255 e. The number of sulfonamides is 1. The second-order valence-corrected chi connectivity index (χ2v) is 9.49. The van der Waals surface area contributed by atoms with Crippen molar-refractivity contribution in [2.75, 3.05) is 6.54 Å². The standard InChI is InChI=1S/C24H24N2O3S/c1-18-13-15-22(16-14-18)30(28,29)25-17-19(2)26(23(25)20-9-5-3-6-10-20)24(27)21-11-7-4-8-12-21/h3-16,19,23H,17H2,1-2H3/t19-,23-/m0/s1. The van der Waals surface area contributed by atoms with Crippen LogP contribution in [0.3, 0.4) is 0 Å². The fourth-order valence-corrected chi connectivity index (χ4v) is 5.55. The molecule has 0 bridgehead atoms. The van der Waals surface area contributed by atoms with Gasteiger partial charge in [0, 0.05) is 18.2 Å². The van der Waals surface area contributed by atoms with Crippen LogP contribution in [0.5, 0.6) is 0 Å². The van der Waals surface area contributed by atoms with Crippen LogP contribution in [-0.4, -0.2) is 36.1 Å². The summed E-state index contributed by atoms with van der Waals surface area (Å²) in [5, 5.41) is 0. The van der Waals surface area contributed by atoms with Crippen LogP contribution < -0.4 is 0 Å². The molecule has 3 aromatic rings. The van der Waals surface area contributed by atoms with Crippen LogP contribution in [-0.2, 0) is 10.0 Å². The first-order valence-corrected chi connectivity index (χ1v) is 11.3.